The lowest BCUT2D eigenvalue weighted by atomic mass is 10.2. The van der Waals surface area contributed by atoms with Gasteiger partial charge in [-0.15, -0.1) is 0 Å². The number of aryl methyl sites for hydroxylation is 1. The molecule has 2 rings (SSSR count). The summed E-state index contributed by atoms with van der Waals surface area (Å²) < 4.78 is 7.33. The van der Waals surface area contributed by atoms with Gasteiger partial charge in [-0.3, -0.25) is 4.68 Å². The maximum atomic E-state index is 12.0. The fourth-order valence-corrected chi connectivity index (χ4v) is 1.94. The van der Waals surface area contributed by atoms with Crippen molar-refractivity contribution in [3.05, 3.63) is 53.9 Å². The molecule has 122 valence electrons. The Bertz CT molecular complexity index is 706. The van der Waals surface area contributed by atoms with Gasteiger partial charge in [0.1, 0.15) is 12.4 Å². The van der Waals surface area contributed by atoms with Crippen LogP contribution in [0.3, 0.4) is 0 Å². The highest BCUT2D eigenvalue weighted by Crippen LogP contribution is 2.17. The molecule has 0 aliphatic rings. The first-order chi connectivity index (χ1) is 11.0. The second-order valence-electron chi connectivity index (χ2n) is 5.46. The number of amides is 2. The molecule has 2 amide bonds. The fourth-order valence-electron chi connectivity index (χ4n) is 1.94. The molecule has 2 N–H and O–H groups in total. The van der Waals surface area contributed by atoms with Crippen molar-refractivity contribution >= 4 is 11.7 Å². The highest BCUT2D eigenvalue weighted by atomic mass is 16.5. The van der Waals surface area contributed by atoms with Gasteiger partial charge in [-0.05, 0) is 31.6 Å². The van der Waals surface area contributed by atoms with Crippen molar-refractivity contribution in [1.82, 2.24) is 15.1 Å². The summed E-state index contributed by atoms with van der Waals surface area (Å²) in [6, 6.07) is 6.98. The first-order valence-electron chi connectivity index (χ1n) is 7.35. The number of nitrogens with zero attached hydrogens (tertiary/aromatic N) is 2. The third-order valence-corrected chi connectivity index (χ3v) is 3.35. The van der Waals surface area contributed by atoms with Crippen molar-refractivity contribution in [2.75, 3.05) is 11.9 Å². The molecule has 0 fully saturated rings. The van der Waals surface area contributed by atoms with E-state index in [9.17, 15) is 4.79 Å². The van der Waals surface area contributed by atoms with Crippen molar-refractivity contribution in [2.45, 2.75) is 20.4 Å². The number of hydrogen-bond acceptors (Lipinski definition) is 3. The zero-order valence-electron chi connectivity index (χ0n) is 13.7. The van der Waals surface area contributed by atoms with Gasteiger partial charge >= 0.3 is 6.03 Å². The van der Waals surface area contributed by atoms with E-state index >= 15 is 0 Å². The van der Waals surface area contributed by atoms with Crippen LogP contribution in [0.15, 0.2) is 42.6 Å². The first kappa shape index (κ1) is 16.6. The molecule has 0 bridgehead atoms. The van der Waals surface area contributed by atoms with Crippen LogP contribution >= 0.6 is 0 Å². The van der Waals surface area contributed by atoms with Crippen molar-refractivity contribution < 1.29 is 9.53 Å². The zero-order chi connectivity index (χ0) is 16.8. The van der Waals surface area contributed by atoms with Gasteiger partial charge in [-0.1, -0.05) is 12.6 Å². The third-order valence-electron chi connectivity index (χ3n) is 3.35. The molecular formula is C17H22N4O2. The lowest BCUT2D eigenvalue weighted by molar-refractivity contribution is 0.251. The molecule has 6 nitrogen and oxygen atoms in total. The van der Waals surface area contributed by atoms with Crippen molar-refractivity contribution in [2.24, 2.45) is 7.05 Å². The molecule has 1 heterocycles. The van der Waals surface area contributed by atoms with Crippen molar-refractivity contribution in [3.8, 4) is 5.75 Å². The minimum Gasteiger partial charge on any atom is -0.489 e. The maximum Gasteiger partial charge on any atom is 0.319 e. The number of urea groups is 1. The summed E-state index contributed by atoms with van der Waals surface area (Å²) >= 11 is 0. The van der Waals surface area contributed by atoms with Crippen molar-refractivity contribution in [3.63, 3.8) is 0 Å². The van der Waals surface area contributed by atoms with E-state index in [0.29, 0.717) is 24.6 Å². The average Bonchev–Trinajstić information content (AvgIpc) is 2.83. The van der Waals surface area contributed by atoms with Crippen LogP contribution in [0, 0.1) is 6.92 Å². The average molecular weight is 314 g/mol. The Morgan fingerprint density at radius 3 is 2.87 bits per heavy atom. The lowest BCUT2D eigenvalue weighted by Gasteiger charge is -2.10. The van der Waals surface area contributed by atoms with Gasteiger partial charge in [0.15, 0.2) is 0 Å². The van der Waals surface area contributed by atoms with Crippen LogP contribution in [0.5, 0.6) is 5.75 Å². The molecule has 0 saturated carbocycles. The SMILES string of the molecule is C=C(C)COc1cccc(NC(=O)NCc2cnn(C)c2C)c1. The smallest absolute Gasteiger partial charge is 0.319 e. The summed E-state index contributed by atoms with van der Waals surface area (Å²) in [5.74, 6) is 0.689. The molecular weight excluding hydrogens is 292 g/mol. The van der Waals surface area contributed by atoms with Gasteiger partial charge in [0.25, 0.3) is 0 Å². The van der Waals surface area contributed by atoms with E-state index in [1.54, 1.807) is 16.9 Å². The van der Waals surface area contributed by atoms with Crippen LogP contribution in [0.1, 0.15) is 18.2 Å². The number of hydrogen-bond donors (Lipinski definition) is 2. The highest BCUT2D eigenvalue weighted by molar-refractivity contribution is 5.89. The first-order valence-corrected chi connectivity index (χ1v) is 7.35. The quantitative estimate of drug-likeness (QED) is 0.805. The number of carbonyl (C=O) groups is 1. The van der Waals surface area contributed by atoms with Gasteiger partial charge < -0.3 is 15.4 Å². The Labute approximate surface area is 136 Å². The number of anilines is 1. The predicted molar refractivity (Wildman–Crippen MR) is 90.6 cm³/mol. The van der Waals surface area contributed by atoms with Crippen LogP contribution in [0.25, 0.3) is 0 Å². The van der Waals surface area contributed by atoms with Crippen LogP contribution in [0.4, 0.5) is 10.5 Å². The Morgan fingerprint density at radius 2 is 2.22 bits per heavy atom. The van der Waals surface area contributed by atoms with Crippen LogP contribution < -0.4 is 15.4 Å². The van der Waals surface area contributed by atoms with E-state index in [1.807, 2.05) is 39.1 Å². The molecule has 2 aromatic rings. The molecule has 0 unspecified atom stereocenters. The number of benzene rings is 1. The Morgan fingerprint density at radius 1 is 1.43 bits per heavy atom. The maximum absolute atomic E-state index is 12.0. The minimum atomic E-state index is -0.273. The molecule has 1 aromatic heterocycles. The summed E-state index contributed by atoms with van der Waals surface area (Å²) in [6.07, 6.45) is 1.75. The summed E-state index contributed by atoms with van der Waals surface area (Å²) in [7, 11) is 1.87. The summed E-state index contributed by atoms with van der Waals surface area (Å²) in [6.45, 7) is 8.54. The fraction of sp³-hybridized carbons (Fsp3) is 0.294. The van der Waals surface area contributed by atoms with E-state index in [0.717, 1.165) is 16.8 Å². The van der Waals surface area contributed by atoms with Gasteiger partial charge in [0, 0.05) is 36.6 Å². The molecule has 0 radical (unpaired) electrons. The molecule has 23 heavy (non-hydrogen) atoms. The van der Waals surface area contributed by atoms with Crippen LogP contribution in [-0.4, -0.2) is 22.4 Å². The molecule has 0 atom stereocenters. The van der Waals surface area contributed by atoms with Gasteiger partial charge in [-0.2, -0.15) is 5.10 Å². The Hall–Kier alpha value is -2.76. The molecule has 1 aromatic carbocycles. The number of rotatable bonds is 6. The van der Waals surface area contributed by atoms with Crippen molar-refractivity contribution in [1.29, 1.82) is 0 Å². The normalized spacial score (nSPS) is 10.2. The summed E-state index contributed by atoms with van der Waals surface area (Å²) in [5, 5.41) is 9.75. The largest absolute Gasteiger partial charge is 0.489 e. The van der Waals surface area contributed by atoms with E-state index in [4.69, 9.17) is 4.74 Å². The second kappa shape index (κ2) is 7.49. The minimum absolute atomic E-state index is 0.273. The summed E-state index contributed by atoms with van der Waals surface area (Å²) in [5.41, 5.74) is 3.62. The van der Waals surface area contributed by atoms with Gasteiger partial charge in [0.2, 0.25) is 0 Å². The Balaban J connectivity index is 1.88. The van der Waals surface area contributed by atoms with Crippen LogP contribution in [-0.2, 0) is 13.6 Å². The molecule has 0 aliphatic heterocycles. The lowest BCUT2D eigenvalue weighted by Crippen LogP contribution is -2.28. The second-order valence-corrected chi connectivity index (χ2v) is 5.46. The number of aromatic nitrogens is 2. The topological polar surface area (TPSA) is 68.2 Å². The van der Waals surface area contributed by atoms with Crippen LogP contribution in [0.2, 0.25) is 0 Å². The van der Waals surface area contributed by atoms with E-state index in [-0.39, 0.29) is 6.03 Å². The number of ether oxygens (including phenoxy) is 1. The molecule has 6 heteroatoms. The predicted octanol–water partition coefficient (Wildman–Crippen LogP) is 3.01. The third kappa shape index (κ3) is 4.88. The van der Waals surface area contributed by atoms with E-state index in [2.05, 4.69) is 22.3 Å². The number of nitrogens with one attached hydrogen (secondary N) is 2. The van der Waals surface area contributed by atoms with E-state index < -0.39 is 0 Å². The standard InChI is InChI=1S/C17H22N4O2/c1-12(2)11-23-16-7-5-6-15(8-16)20-17(22)18-9-14-10-19-21(4)13(14)3/h5-8,10H,1,9,11H2,2-4H3,(H2,18,20,22). The molecule has 0 spiro atoms. The van der Waals surface area contributed by atoms with E-state index in [1.165, 1.54) is 0 Å². The monoisotopic (exact) mass is 314 g/mol. The Kier molecular flexibility index (Phi) is 5.41. The van der Waals surface area contributed by atoms with Gasteiger partial charge in [-0.25, -0.2) is 4.79 Å². The molecule has 0 saturated heterocycles. The zero-order valence-corrected chi connectivity index (χ0v) is 13.7. The van der Waals surface area contributed by atoms with Gasteiger partial charge in [0.05, 0.1) is 6.20 Å². The number of carbonyl (C=O) groups excluding carboxylic acids is 1. The highest BCUT2D eigenvalue weighted by Gasteiger charge is 2.07. The molecule has 0 aliphatic carbocycles. The summed E-state index contributed by atoms with van der Waals surface area (Å²) in [4.78, 5) is 12.0.